The summed E-state index contributed by atoms with van der Waals surface area (Å²) in [7, 11) is 8.05. The molecule has 0 heterocycles. The Morgan fingerprint density at radius 1 is 0.356 bits per heavy atom. The van der Waals surface area contributed by atoms with Crippen molar-refractivity contribution in [3.63, 3.8) is 0 Å². The van der Waals surface area contributed by atoms with Crippen molar-refractivity contribution in [2.24, 2.45) is 23.7 Å². The summed E-state index contributed by atoms with van der Waals surface area (Å²) < 4.78 is 35.4. The second kappa shape index (κ2) is 56.8. The highest BCUT2D eigenvalue weighted by Crippen LogP contribution is 2.30. The zero-order chi connectivity index (χ0) is 85.7. The molecule has 624 valence electrons. The van der Waals surface area contributed by atoms with Crippen molar-refractivity contribution in [1.29, 1.82) is 0 Å². The number of hydrogen-bond acceptors (Lipinski definition) is 8. The number of unbranched alkanes of at least 4 members (excludes halogenated alkanes) is 1. The predicted octanol–water partition coefficient (Wildman–Crippen LogP) is 26.3. The highest BCUT2D eigenvalue weighted by molar-refractivity contribution is 5.66. The van der Waals surface area contributed by atoms with Gasteiger partial charge >= 0.3 is 6.09 Å². The van der Waals surface area contributed by atoms with E-state index in [9.17, 15) is 4.79 Å². The molecule has 0 aliphatic heterocycles. The molecule has 0 bridgehead atoms. The normalized spacial score (nSPS) is 13.6. The third-order valence-corrected chi connectivity index (χ3v) is 19.5. The van der Waals surface area contributed by atoms with Crippen molar-refractivity contribution in [2.45, 2.75) is 186 Å². The molecule has 4 unspecified atom stereocenters. The smallest absolute Gasteiger partial charge is 0.406 e. The fourth-order valence-electron chi connectivity index (χ4n) is 13.2. The van der Waals surface area contributed by atoms with Crippen LogP contribution in [0, 0.1) is 82.0 Å². The van der Waals surface area contributed by atoms with Crippen LogP contribution in [0.2, 0.25) is 0 Å². The number of aryl methyl sites for hydroxylation is 5. The number of methoxy groups -OCH3 is 5. The number of amides is 1. The maximum atomic E-state index is 10.8. The fraction of sp³-hybridized carbons (Fsp3) is 0.349. The van der Waals surface area contributed by atoms with E-state index in [4.69, 9.17) is 28.4 Å². The van der Waals surface area contributed by atoms with Gasteiger partial charge in [0.05, 0.1) is 47.8 Å². The number of nitrogens with one attached hydrogen (secondary N) is 1. The molecule has 0 saturated heterocycles. The predicted molar refractivity (Wildman–Crippen MR) is 497 cm³/mol. The Balaban J connectivity index is 0.000000234. The molecule has 4 aliphatic carbocycles. The Morgan fingerprint density at radius 2 is 0.720 bits per heavy atom. The molecular weight excluding hydrogens is 1450 g/mol. The van der Waals surface area contributed by atoms with Crippen LogP contribution < -0.4 is 33.7 Å². The average molecular weight is 1590 g/mol. The summed E-state index contributed by atoms with van der Waals surface area (Å²) in [5.74, 6) is 21.6. The van der Waals surface area contributed by atoms with Crippen LogP contribution in [0.15, 0.2) is 273 Å². The van der Waals surface area contributed by atoms with E-state index in [2.05, 4.69) is 194 Å². The Bertz CT molecular complexity index is 4660. The second-order valence-electron chi connectivity index (χ2n) is 30.9. The van der Waals surface area contributed by atoms with Gasteiger partial charge in [0.15, 0.2) is 0 Å². The lowest BCUT2D eigenvalue weighted by Gasteiger charge is -2.11. The van der Waals surface area contributed by atoms with Gasteiger partial charge in [0.25, 0.3) is 0 Å². The molecule has 1 amide bonds. The van der Waals surface area contributed by atoms with E-state index in [0.717, 1.165) is 89.4 Å². The van der Waals surface area contributed by atoms with Gasteiger partial charge in [0.2, 0.25) is 0 Å². The van der Waals surface area contributed by atoms with E-state index in [0.29, 0.717) is 19.1 Å². The summed E-state index contributed by atoms with van der Waals surface area (Å²) in [6.07, 6.45) is 14.0. The molecule has 9 nitrogen and oxygen atoms in total. The number of benzene rings is 11. The van der Waals surface area contributed by atoms with Crippen LogP contribution in [0.25, 0.3) is 0 Å². The minimum absolute atomic E-state index is 0.266. The highest BCUT2D eigenvalue weighted by Gasteiger charge is 2.20. The van der Waals surface area contributed by atoms with Crippen molar-refractivity contribution in [3.05, 3.63) is 356 Å². The molecule has 0 fully saturated rings. The minimum Gasteiger partial charge on any atom is -0.497 e. The van der Waals surface area contributed by atoms with Gasteiger partial charge in [0.1, 0.15) is 34.5 Å². The Labute approximate surface area is 711 Å². The van der Waals surface area contributed by atoms with Crippen LogP contribution in [0.4, 0.5) is 4.79 Å². The topological polar surface area (TPSA) is 93.7 Å². The van der Waals surface area contributed by atoms with Crippen LogP contribution in [0.5, 0.6) is 34.5 Å². The molecule has 4 aliphatic rings. The van der Waals surface area contributed by atoms with Gasteiger partial charge < -0.3 is 38.5 Å². The van der Waals surface area contributed by atoms with E-state index in [1.54, 1.807) is 50.7 Å². The number of carbonyl (C=O) groups excluding carboxylic acids is 1. The number of fused-ring (bicyclic) bond motifs is 4. The van der Waals surface area contributed by atoms with Crippen LogP contribution in [0.1, 0.15) is 171 Å². The first-order chi connectivity index (χ1) is 57.0. The lowest BCUT2D eigenvalue weighted by atomic mass is 10.1. The summed E-state index contributed by atoms with van der Waals surface area (Å²) in [5, 5.41) is 2.60. The van der Waals surface area contributed by atoms with Crippen molar-refractivity contribution in [3.8, 4) is 58.2 Å². The molecule has 15 rings (SSSR count). The van der Waals surface area contributed by atoms with Crippen LogP contribution >= 0.6 is 0 Å². The average Bonchev–Trinajstić information content (AvgIpc) is 1.70. The third kappa shape index (κ3) is 40.5. The Kier molecular flexibility index (Phi) is 46.8. The first-order valence-electron chi connectivity index (χ1n) is 42.1. The van der Waals surface area contributed by atoms with Gasteiger partial charge in [-0.25, -0.2) is 4.79 Å². The molecule has 9 heteroatoms. The quantitative estimate of drug-likeness (QED) is 0.0955. The molecule has 4 atom stereocenters. The molecule has 0 spiro atoms. The number of ether oxygens (including phenoxy) is 7. The lowest BCUT2D eigenvalue weighted by molar-refractivity contribution is 0.171. The molecule has 118 heavy (non-hydrogen) atoms. The van der Waals surface area contributed by atoms with Crippen molar-refractivity contribution >= 4 is 6.09 Å². The van der Waals surface area contributed by atoms with Crippen LogP contribution in [-0.4, -0.2) is 60.4 Å². The van der Waals surface area contributed by atoms with Crippen LogP contribution in [-0.2, 0) is 56.1 Å². The number of rotatable bonds is 12. The molecule has 0 saturated carbocycles. The monoisotopic (exact) mass is 1590 g/mol. The molecular formula is C109H135NO8. The maximum Gasteiger partial charge on any atom is 0.406 e. The van der Waals surface area contributed by atoms with Gasteiger partial charge in [-0.2, -0.15) is 0 Å². The number of hydrogen-bond donors (Lipinski definition) is 1. The first-order valence-corrected chi connectivity index (χ1v) is 42.1. The summed E-state index contributed by atoms with van der Waals surface area (Å²) in [4.78, 5) is 10.8. The van der Waals surface area contributed by atoms with Gasteiger partial charge in [-0.1, -0.05) is 264 Å². The maximum absolute atomic E-state index is 10.8. The minimum atomic E-state index is -0.409. The van der Waals surface area contributed by atoms with Gasteiger partial charge in [-0.05, 0) is 290 Å². The number of para-hydroxylation sites is 4. The Morgan fingerprint density at radius 3 is 1.12 bits per heavy atom. The van der Waals surface area contributed by atoms with E-state index in [1.807, 2.05) is 210 Å². The molecule has 11 aromatic rings. The van der Waals surface area contributed by atoms with Gasteiger partial charge in [-0.3, -0.25) is 0 Å². The third-order valence-electron chi connectivity index (χ3n) is 19.5. The molecule has 1 N–H and O–H groups in total. The van der Waals surface area contributed by atoms with Crippen molar-refractivity contribution in [2.75, 3.05) is 42.1 Å². The van der Waals surface area contributed by atoms with Crippen molar-refractivity contribution < 1.29 is 38.0 Å². The SMILES string of the molecule is CC(C)Oc1ccccc1.CC1Cc2ccccc2C1.CCC(C)Oc1ccccc1.CCCC#Cc1ccc2c(c1)CC(C)C2.COC(=O)NCCC#Cc1ccc2c(c1)CC(C)C2.COc1ccc(C)cc1.COc1cccc(C)c1.COc1ccccc1.COc1ccccc1C.Cc1ccc2c(c1)CC(C)C2.Cc1ccccc1. The van der Waals surface area contributed by atoms with E-state index in [-0.39, 0.29) is 6.10 Å². The van der Waals surface area contributed by atoms with E-state index in [1.165, 1.54) is 108 Å². The van der Waals surface area contributed by atoms with Crippen LogP contribution in [0.3, 0.4) is 0 Å². The van der Waals surface area contributed by atoms with Crippen molar-refractivity contribution in [1.82, 2.24) is 5.32 Å². The molecule has 11 aromatic carbocycles. The first kappa shape index (κ1) is 97.2. The largest absolute Gasteiger partial charge is 0.497 e. The highest BCUT2D eigenvalue weighted by atomic mass is 16.5. The van der Waals surface area contributed by atoms with E-state index >= 15 is 0 Å². The zero-order valence-corrected chi connectivity index (χ0v) is 74.4. The summed E-state index contributed by atoms with van der Waals surface area (Å²) in [5.41, 5.74) is 20.9. The Hall–Kier alpha value is -11.4. The standard InChI is InChI=1S/C16H19NO2.C15H18.C11H14.C10H14O.C10H12.C9H12O.3C8H10O.C7H8O.C7H8/c1-12-9-14-7-6-13(11-15(14)10-12)5-3-4-8-17-16(18)19-2;1-3-4-5-6-13-7-8-14-9-12(2)10-15(14)11-13;1-8-3-4-10-6-9(2)7-11(10)5-8;1-3-9(2)11-10-7-5-4-6-8-10;1-8-6-9-4-2-3-5-10(9)7-8;1-8(2)10-9-6-4-3-5-7-9;1-7-3-5-8(9-2)6-4-7;1-7-4-3-5-8(6-7)9-2;1-7-5-3-4-6-8(7)9-2;1-8-7-5-3-2-4-6-7;1-7-5-3-2-4-6-7/h6-7,11-12H,4,8-10H2,1-2H3,(H,17,18);7-8,11-12H,3-4,9-10H2,1-2H3;3-5,9H,6-7H2,1-2H3;4-9H,3H2,1-2H3;2-5,8H,6-7H2,1H3;3-8H,1-2H3;3*3-6H,1-2H3;2-6H,1H3;2-6H,1H3. The fourth-order valence-corrected chi connectivity index (χ4v) is 13.2. The zero-order valence-electron chi connectivity index (χ0n) is 74.4. The molecule has 0 aromatic heterocycles. The summed E-state index contributed by atoms with van der Waals surface area (Å²) in [6.45, 7) is 30.5. The number of alkyl carbamates (subject to hydrolysis) is 1. The molecule has 0 radical (unpaired) electrons. The summed E-state index contributed by atoms with van der Waals surface area (Å²) in [6, 6.07) is 92.3. The summed E-state index contributed by atoms with van der Waals surface area (Å²) >= 11 is 0. The number of carbonyl (C=O) groups is 1. The van der Waals surface area contributed by atoms with Gasteiger partial charge in [0, 0.05) is 30.5 Å². The second-order valence-corrected chi connectivity index (χ2v) is 30.9. The lowest BCUT2D eigenvalue weighted by Crippen LogP contribution is -2.23. The van der Waals surface area contributed by atoms with E-state index < -0.39 is 6.09 Å². The van der Waals surface area contributed by atoms with Gasteiger partial charge in [-0.15, -0.1) is 0 Å².